The average Bonchev–Trinajstić information content (AvgIpc) is 2.87. The average molecular weight is 555 g/mol. The highest BCUT2D eigenvalue weighted by atomic mass is 35.5. The van der Waals surface area contributed by atoms with E-state index in [4.69, 9.17) is 32.5 Å². The molecule has 2 heterocycles. The second-order valence-corrected chi connectivity index (χ2v) is 9.91. The van der Waals surface area contributed by atoms with Crippen LogP contribution >= 0.6 is 11.6 Å². The van der Waals surface area contributed by atoms with Gasteiger partial charge in [0, 0.05) is 16.7 Å². The minimum atomic E-state index is -4.77. The van der Waals surface area contributed by atoms with Crippen molar-refractivity contribution in [3.8, 4) is 5.88 Å². The Labute approximate surface area is 223 Å². The second-order valence-electron chi connectivity index (χ2n) is 9.47. The van der Waals surface area contributed by atoms with Crippen LogP contribution in [0.25, 0.3) is 11.1 Å². The van der Waals surface area contributed by atoms with E-state index in [0.29, 0.717) is 60.6 Å². The van der Waals surface area contributed by atoms with Gasteiger partial charge in [0.05, 0.1) is 24.9 Å². The molecule has 6 N–H and O–H groups in total. The first-order valence-electron chi connectivity index (χ1n) is 12.3. The molecule has 0 radical (unpaired) electrons. The summed E-state index contributed by atoms with van der Waals surface area (Å²) in [6, 6.07) is 4.76. The summed E-state index contributed by atoms with van der Waals surface area (Å²) in [7, 11) is 0. The van der Waals surface area contributed by atoms with Crippen LogP contribution in [0.1, 0.15) is 55.0 Å². The molecule has 0 amide bonds. The number of alkyl halides is 3. The number of ether oxygens (including phenoxy) is 2. The van der Waals surface area contributed by atoms with Gasteiger partial charge in [-0.25, -0.2) is 4.98 Å². The number of halogens is 4. The lowest BCUT2D eigenvalue weighted by atomic mass is 9.84. The molecule has 38 heavy (non-hydrogen) atoms. The van der Waals surface area contributed by atoms with Crippen molar-refractivity contribution in [2.45, 2.75) is 56.7 Å². The lowest BCUT2D eigenvalue weighted by Crippen LogP contribution is -2.36. The van der Waals surface area contributed by atoms with Gasteiger partial charge in [-0.2, -0.15) is 18.2 Å². The minimum Gasteiger partial charge on any atom is -0.460 e. The number of nitrogens with zero attached hydrogens (tertiary/aromatic N) is 2. The van der Waals surface area contributed by atoms with Gasteiger partial charge in [0.25, 0.3) is 0 Å². The number of rotatable bonds is 8. The van der Waals surface area contributed by atoms with Crippen LogP contribution in [-0.4, -0.2) is 51.9 Å². The summed E-state index contributed by atoms with van der Waals surface area (Å²) in [5.74, 6) is -0.383. The molecule has 0 bridgehead atoms. The fourth-order valence-electron chi connectivity index (χ4n) is 4.72. The summed E-state index contributed by atoms with van der Waals surface area (Å²) in [6.07, 6.45) is -2.09. The number of allylic oxidation sites excluding steroid dienone is 2. The largest absolute Gasteiger partial charge is 0.460 e. The van der Waals surface area contributed by atoms with Crippen LogP contribution in [0.4, 0.5) is 19.1 Å². The molecule has 1 aromatic heterocycles. The molecule has 0 saturated carbocycles. The van der Waals surface area contributed by atoms with Gasteiger partial charge >= 0.3 is 6.18 Å². The van der Waals surface area contributed by atoms with Gasteiger partial charge in [-0.15, -0.1) is 0 Å². The van der Waals surface area contributed by atoms with E-state index in [2.05, 4.69) is 9.97 Å². The molecule has 3 atom stereocenters. The van der Waals surface area contributed by atoms with E-state index < -0.39 is 24.6 Å². The van der Waals surface area contributed by atoms with Crippen molar-refractivity contribution >= 4 is 28.7 Å². The van der Waals surface area contributed by atoms with Crippen LogP contribution < -0.4 is 16.2 Å². The summed E-state index contributed by atoms with van der Waals surface area (Å²) in [5, 5.41) is 18.8. The van der Waals surface area contributed by atoms with Crippen molar-refractivity contribution in [1.29, 1.82) is 0 Å². The van der Waals surface area contributed by atoms with E-state index in [1.807, 2.05) is 12.2 Å². The third-order valence-corrected chi connectivity index (χ3v) is 6.88. The predicted octanol–water partition coefficient (Wildman–Crippen LogP) is 4.41. The van der Waals surface area contributed by atoms with E-state index in [0.717, 1.165) is 5.57 Å². The second kappa shape index (κ2) is 12.0. The highest BCUT2D eigenvalue weighted by Crippen LogP contribution is 2.41. The topological polar surface area (TPSA) is 137 Å². The Bertz CT molecular complexity index is 1210. The molecule has 1 aromatic carbocycles. The lowest BCUT2D eigenvalue weighted by Gasteiger charge is -2.26. The lowest BCUT2D eigenvalue weighted by molar-refractivity contribution is -0.198. The highest BCUT2D eigenvalue weighted by Gasteiger charge is 2.45. The van der Waals surface area contributed by atoms with E-state index in [1.54, 1.807) is 0 Å². The standard InChI is InChI=1S/C26H30ClF3N4O4/c27-17-7-8-18(19(11-17)16-2-1-9-37-13-16)23(26(28,29)30)38-22-12-21(33-25(32)34-22)15-5-3-14(4-6-15)10-20(31)24(35)36/h2,5,7-8,11-12,14,20,23-24,35-36H,1,3-4,6,9-10,13,31H2,(H2,32,33,34)/t14?,20-,23+/m0/s1. The van der Waals surface area contributed by atoms with Crippen molar-refractivity contribution in [3.05, 3.63) is 58.3 Å². The Hall–Kier alpha value is -2.70. The minimum absolute atomic E-state index is 0.112. The van der Waals surface area contributed by atoms with E-state index in [-0.39, 0.29) is 29.9 Å². The van der Waals surface area contributed by atoms with Crippen LogP contribution in [-0.2, 0) is 4.74 Å². The van der Waals surface area contributed by atoms with Crippen molar-refractivity contribution < 1.29 is 32.9 Å². The number of benzene rings is 1. The summed E-state index contributed by atoms with van der Waals surface area (Å²) >= 11 is 6.13. The van der Waals surface area contributed by atoms with Crippen LogP contribution in [0.5, 0.6) is 5.88 Å². The third kappa shape index (κ3) is 7.03. The molecule has 0 fully saturated rings. The first kappa shape index (κ1) is 28.3. The molecule has 12 heteroatoms. The molecule has 0 saturated heterocycles. The summed E-state index contributed by atoms with van der Waals surface area (Å²) in [4.78, 5) is 8.13. The van der Waals surface area contributed by atoms with Crippen LogP contribution in [0, 0.1) is 5.92 Å². The van der Waals surface area contributed by atoms with Gasteiger partial charge < -0.3 is 31.2 Å². The number of anilines is 1. The molecule has 2 aliphatic rings. The molecule has 2 aromatic rings. The van der Waals surface area contributed by atoms with E-state index in [1.165, 1.54) is 24.3 Å². The normalized spacial score (nSPS) is 20.1. The van der Waals surface area contributed by atoms with Gasteiger partial charge in [0.2, 0.25) is 17.9 Å². The Morgan fingerprint density at radius 1 is 1.16 bits per heavy atom. The SMILES string of the molecule is Nc1nc(O[C@H](c2ccc(Cl)cc2C2=CCCOC2)C(F)(F)F)cc(C2=CCC(C[C@H](N)C(O)O)CC2)n1. The summed E-state index contributed by atoms with van der Waals surface area (Å²) < 4.78 is 54.0. The molecular weight excluding hydrogens is 525 g/mol. The maximum atomic E-state index is 14.4. The smallest absolute Gasteiger partial charge is 0.429 e. The quantitative estimate of drug-likeness (QED) is 0.352. The predicted molar refractivity (Wildman–Crippen MR) is 137 cm³/mol. The number of hydrogen-bond acceptors (Lipinski definition) is 8. The fourth-order valence-corrected chi connectivity index (χ4v) is 4.89. The first-order valence-corrected chi connectivity index (χ1v) is 12.6. The van der Waals surface area contributed by atoms with Crippen LogP contribution in [0.2, 0.25) is 5.02 Å². The number of aliphatic hydroxyl groups is 2. The Morgan fingerprint density at radius 3 is 2.58 bits per heavy atom. The molecule has 4 rings (SSSR count). The Morgan fingerprint density at radius 2 is 1.95 bits per heavy atom. The number of hydrogen-bond donors (Lipinski definition) is 4. The Kier molecular flexibility index (Phi) is 8.94. The van der Waals surface area contributed by atoms with Crippen LogP contribution in [0.15, 0.2) is 36.4 Å². The third-order valence-electron chi connectivity index (χ3n) is 6.65. The van der Waals surface area contributed by atoms with Crippen molar-refractivity contribution in [3.63, 3.8) is 0 Å². The monoisotopic (exact) mass is 554 g/mol. The maximum absolute atomic E-state index is 14.4. The van der Waals surface area contributed by atoms with Gasteiger partial charge in [-0.1, -0.05) is 29.8 Å². The summed E-state index contributed by atoms with van der Waals surface area (Å²) in [5.41, 5.74) is 13.6. The number of nitrogen functional groups attached to an aromatic ring is 1. The number of nitrogens with two attached hydrogens (primary N) is 2. The van der Waals surface area contributed by atoms with Gasteiger partial charge in [0.15, 0.2) is 6.29 Å². The maximum Gasteiger partial charge on any atom is 0.429 e. The molecule has 206 valence electrons. The van der Waals surface area contributed by atoms with Crippen molar-refractivity contribution in [1.82, 2.24) is 9.97 Å². The zero-order chi connectivity index (χ0) is 27.4. The molecule has 1 aliphatic carbocycles. The number of aliphatic hydroxyl groups excluding tert-OH is 1. The zero-order valence-corrected chi connectivity index (χ0v) is 21.3. The molecule has 0 spiro atoms. The zero-order valence-electron chi connectivity index (χ0n) is 20.5. The molecule has 1 unspecified atom stereocenters. The van der Waals surface area contributed by atoms with E-state index in [9.17, 15) is 23.4 Å². The van der Waals surface area contributed by atoms with Gasteiger partial charge in [-0.3, -0.25) is 0 Å². The van der Waals surface area contributed by atoms with Crippen LogP contribution in [0.3, 0.4) is 0 Å². The Balaban J connectivity index is 1.61. The fraction of sp³-hybridized carbons (Fsp3) is 0.462. The highest BCUT2D eigenvalue weighted by molar-refractivity contribution is 6.30. The van der Waals surface area contributed by atoms with Crippen molar-refractivity contribution in [2.75, 3.05) is 18.9 Å². The summed E-state index contributed by atoms with van der Waals surface area (Å²) in [6.45, 7) is 0.661. The van der Waals surface area contributed by atoms with E-state index >= 15 is 0 Å². The molecule has 1 aliphatic heterocycles. The van der Waals surface area contributed by atoms with Crippen molar-refractivity contribution in [2.24, 2.45) is 11.7 Å². The molecule has 8 nitrogen and oxygen atoms in total. The number of aromatic nitrogens is 2. The first-order chi connectivity index (χ1) is 18.0. The van der Waals surface area contributed by atoms with Gasteiger partial charge in [0.1, 0.15) is 0 Å². The molecular formula is C26H30ClF3N4O4. The van der Waals surface area contributed by atoms with Gasteiger partial charge in [-0.05, 0) is 66.9 Å².